The summed E-state index contributed by atoms with van der Waals surface area (Å²) >= 11 is 0. The summed E-state index contributed by atoms with van der Waals surface area (Å²) in [5.41, 5.74) is 1.92. The maximum Gasteiger partial charge on any atom is 0.306 e. The summed E-state index contributed by atoms with van der Waals surface area (Å²) in [7, 11) is 0. The first-order valence-corrected chi connectivity index (χ1v) is 7.83. The molecule has 0 aliphatic heterocycles. The minimum Gasteiger partial charge on any atom is -0.349 e. The van der Waals surface area contributed by atoms with E-state index < -0.39 is 4.92 Å². The van der Waals surface area contributed by atoms with Crippen LogP contribution in [0.4, 0.5) is 5.69 Å². The summed E-state index contributed by atoms with van der Waals surface area (Å²) in [5, 5.41) is 21.8. The van der Waals surface area contributed by atoms with E-state index >= 15 is 0 Å². The third-order valence-corrected chi connectivity index (χ3v) is 4.00. The fraction of sp³-hybridized carbons (Fsp3) is 0.533. The Labute approximate surface area is 139 Å². The Morgan fingerprint density at radius 2 is 2.08 bits per heavy atom. The third-order valence-electron chi connectivity index (χ3n) is 4.00. The zero-order chi connectivity index (χ0) is 17.9. The topological polar surface area (TPSA) is 108 Å². The Morgan fingerprint density at radius 3 is 2.62 bits per heavy atom. The van der Waals surface area contributed by atoms with Crippen LogP contribution in [0.15, 0.2) is 18.6 Å². The summed E-state index contributed by atoms with van der Waals surface area (Å²) in [5.74, 6) is -0.502. The summed E-state index contributed by atoms with van der Waals surface area (Å²) in [6.07, 6.45) is 4.27. The highest BCUT2D eigenvalue weighted by atomic mass is 16.6. The molecule has 2 aromatic heterocycles. The molecular weight excluding hydrogens is 312 g/mol. The maximum absolute atomic E-state index is 12.3. The number of hydrogen-bond acceptors (Lipinski definition) is 5. The fourth-order valence-electron chi connectivity index (χ4n) is 2.55. The van der Waals surface area contributed by atoms with Crippen molar-refractivity contribution in [3.8, 4) is 0 Å². The van der Waals surface area contributed by atoms with Gasteiger partial charge in [-0.2, -0.15) is 10.2 Å². The van der Waals surface area contributed by atoms with Gasteiger partial charge in [0.2, 0.25) is 5.91 Å². The molecule has 0 bridgehead atoms. The van der Waals surface area contributed by atoms with E-state index in [0.717, 1.165) is 17.8 Å². The number of nitrogens with zero attached hydrogens (tertiary/aromatic N) is 5. The van der Waals surface area contributed by atoms with Crippen LogP contribution in [0.25, 0.3) is 0 Å². The zero-order valence-corrected chi connectivity index (χ0v) is 14.3. The standard InChI is InChI=1S/C15H22N6O3/c1-5-20-12(4)14(7-17-20)11(3)18-15(22)10(2)8-19-9-13(6-16-19)21(23)24/h6-7,9-11H,5,8H2,1-4H3,(H,18,22). The van der Waals surface area contributed by atoms with Crippen LogP contribution < -0.4 is 5.32 Å². The van der Waals surface area contributed by atoms with Crippen LogP contribution >= 0.6 is 0 Å². The largest absolute Gasteiger partial charge is 0.349 e. The zero-order valence-electron chi connectivity index (χ0n) is 14.3. The first kappa shape index (κ1) is 17.6. The number of aromatic nitrogens is 4. The molecule has 0 fully saturated rings. The van der Waals surface area contributed by atoms with Crippen LogP contribution in [0.1, 0.15) is 38.1 Å². The Kier molecular flexibility index (Phi) is 5.32. The molecule has 2 aromatic rings. The predicted molar refractivity (Wildman–Crippen MR) is 87.2 cm³/mol. The van der Waals surface area contributed by atoms with Gasteiger partial charge in [-0.15, -0.1) is 0 Å². The van der Waals surface area contributed by atoms with Gasteiger partial charge in [-0.05, 0) is 20.8 Å². The van der Waals surface area contributed by atoms with Gasteiger partial charge in [0.1, 0.15) is 12.4 Å². The van der Waals surface area contributed by atoms with E-state index in [1.807, 2.05) is 25.5 Å². The quantitative estimate of drug-likeness (QED) is 0.614. The fourth-order valence-corrected chi connectivity index (χ4v) is 2.55. The monoisotopic (exact) mass is 334 g/mol. The third kappa shape index (κ3) is 3.79. The van der Waals surface area contributed by atoms with Crippen molar-refractivity contribution in [3.05, 3.63) is 40.0 Å². The molecule has 9 nitrogen and oxygen atoms in total. The van der Waals surface area contributed by atoms with Crippen LogP contribution in [0.5, 0.6) is 0 Å². The number of rotatable bonds is 7. The summed E-state index contributed by atoms with van der Waals surface area (Å²) < 4.78 is 3.29. The molecule has 1 amide bonds. The molecule has 1 N–H and O–H groups in total. The Morgan fingerprint density at radius 1 is 1.38 bits per heavy atom. The average molecular weight is 334 g/mol. The number of carbonyl (C=O) groups excluding carboxylic acids is 1. The minimum atomic E-state index is -0.509. The molecule has 0 saturated heterocycles. The molecule has 0 spiro atoms. The van der Waals surface area contributed by atoms with Crippen molar-refractivity contribution in [1.29, 1.82) is 0 Å². The first-order valence-electron chi connectivity index (χ1n) is 7.83. The van der Waals surface area contributed by atoms with Crippen molar-refractivity contribution >= 4 is 11.6 Å². The van der Waals surface area contributed by atoms with E-state index in [2.05, 4.69) is 15.5 Å². The molecule has 24 heavy (non-hydrogen) atoms. The van der Waals surface area contributed by atoms with Crippen LogP contribution in [-0.4, -0.2) is 30.4 Å². The molecule has 9 heteroatoms. The van der Waals surface area contributed by atoms with Crippen LogP contribution in [0.2, 0.25) is 0 Å². The lowest BCUT2D eigenvalue weighted by Crippen LogP contribution is -2.33. The number of carbonyl (C=O) groups is 1. The van der Waals surface area contributed by atoms with Gasteiger partial charge in [0.05, 0.1) is 29.6 Å². The molecule has 2 heterocycles. The molecule has 2 atom stereocenters. The summed E-state index contributed by atoms with van der Waals surface area (Å²) in [6.45, 7) is 8.71. The average Bonchev–Trinajstić information content (AvgIpc) is 3.13. The SMILES string of the molecule is CCn1ncc(C(C)NC(=O)C(C)Cn2cc([N+](=O)[O-])cn2)c1C. The van der Waals surface area contributed by atoms with Crippen LogP contribution in [-0.2, 0) is 17.9 Å². The summed E-state index contributed by atoms with van der Waals surface area (Å²) in [4.78, 5) is 22.5. The van der Waals surface area contributed by atoms with Gasteiger partial charge >= 0.3 is 5.69 Å². The van der Waals surface area contributed by atoms with Gasteiger partial charge in [0, 0.05) is 17.8 Å². The van der Waals surface area contributed by atoms with E-state index in [0.29, 0.717) is 0 Å². The molecule has 0 radical (unpaired) electrons. The van der Waals surface area contributed by atoms with Gasteiger partial charge < -0.3 is 5.32 Å². The number of nitro groups is 1. The lowest BCUT2D eigenvalue weighted by atomic mass is 10.1. The molecule has 0 aliphatic carbocycles. The van der Waals surface area contributed by atoms with Crippen molar-refractivity contribution in [2.75, 3.05) is 0 Å². The minimum absolute atomic E-state index is 0.0846. The highest BCUT2D eigenvalue weighted by Gasteiger charge is 2.20. The van der Waals surface area contributed by atoms with E-state index in [1.54, 1.807) is 13.1 Å². The molecule has 130 valence electrons. The van der Waals surface area contributed by atoms with Gasteiger partial charge in [0.15, 0.2) is 0 Å². The van der Waals surface area contributed by atoms with Crippen LogP contribution in [0, 0.1) is 23.0 Å². The van der Waals surface area contributed by atoms with Crippen LogP contribution in [0.3, 0.4) is 0 Å². The molecule has 2 rings (SSSR count). The van der Waals surface area contributed by atoms with Crippen molar-refractivity contribution < 1.29 is 9.72 Å². The second-order valence-corrected chi connectivity index (χ2v) is 5.81. The molecular formula is C15H22N6O3. The Bertz CT molecular complexity index is 735. The van der Waals surface area contributed by atoms with E-state index in [4.69, 9.17) is 0 Å². The van der Waals surface area contributed by atoms with Crippen molar-refractivity contribution in [2.24, 2.45) is 5.92 Å². The van der Waals surface area contributed by atoms with Crippen molar-refractivity contribution in [1.82, 2.24) is 24.9 Å². The van der Waals surface area contributed by atoms with E-state index in [1.165, 1.54) is 17.1 Å². The second-order valence-electron chi connectivity index (χ2n) is 5.81. The lowest BCUT2D eigenvalue weighted by Gasteiger charge is -2.17. The number of nitrogens with one attached hydrogen (secondary N) is 1. The lowest BCUT2D eigenvalue weighted by molar-refractivity contribution is -0.385. The molecule has 0 aliphatic rings. The maximum atomic E-state index is 12.3. The predicted octanol–water partition coefficient (Wildman–Crippen LogP) is 1.83. The Balaban J connectivity index is 1.97. The highest BCUT2D eigenvalue weighted by molar-refractivity contribution is 5.78. The van der Waals surface area contributed by atoms with E-state index in [9.17, 15) is 14.9 Å². The van der Waals surface area contributed by atoms with Gasteiger partial charge in [-0.3, -0.25) is 24.3 Å². The molecule has 2 unspecified atom stereocenters. The van der Waals surface area contributed by atoms with E-state index in [-0.39, 0.29) is 30.1 Å². The van der Waals surface area contributed by atoms with Crippen molar-refractivity contribution in [3.63, 3.8) is 0 Å². The first-order chi connectivity index (χ1) is 11.3. The molecule has 0 aromatic carbocycles. The van der Waals surface area contributed by atoms with Gasteiger partial charge in [-0.1, -0.05) is 6.92 Å². The summed E-state index contributed by atoms with van der Waals surface area (Å²) in [6, 6.07) is -0.160. The van der Waals surface area contributed by atoms with Crippen molar-refractivity contribution in [2.45, 2.75) is 46.8 Å². The molecule has 0 saturated carbocycles. The smallest absolute Gasteiger partial charge is 0.306 e. The normalized spacial score (nSPS) is 13.5. The van der Waals surface area contributed by atoms with Gasteiger partial charge in [0.25, 0.3) is 0 Å². The Hall–Kier alpha value is -2.71. The second kappa shape index (κ2) is 7.24. The number of hydrogen-bond donors (Lipinski definition) is 1. The van der Waals surface area contributed by atoms with Gasteiger partial charge in [-0.25, -0.2) is 0 Å². The highest BCUT2D eigenvalue weighted by Crippen LogP contribution is 2.18. The number of aryl methyl sites for hydroxylation is 1. The number of amides is 1.